The molecule has 3 aliphatic rings. The summed E-state index contributed by atoms with van der Waals surface area (Å²) in [5, 5.41) is 6.13. The van der Waals surface area contributed by atoms with Crippen LogP contribution in [0, 0.1) is 20.8 Å². The Bertz CT molecular complexity index is 1020. The van der Waals surface area contributed by atoms with Crippen LogP contribution in [-0.4, -0.2) is 23.2 Å². The lowest BCUT2D eigenvalue weighted by molar-refractivity contribution is -0.0481. The number of piperidine rings is 1. The molecule has 0 unspecified atom stereocenters. The average molecular weight is 443 g/mol. The zero-order valence-electron chi connectivity index (χ0n) is 17.9. The molecule has 1 saturated heterocycles. The number of hydrogen-bond donors (Lipinski definition) is 0. The monoisotopic (exact) mass is 442 g/mol. The van der Waals surface area contributed by atoms with Crippen molar-refractivity contribution in [2.24, 2.45) is 5.16 Å². The number of oxime groups is 1. The smallest absolute Gasteiger partial charge is 0.170 e. The first-order chi connectivity index (χ1) is 14.4. The van der Waals surface area contributed by atoms with Crippen molar-refractivity contribution < 1.29 is 4.84 Å². The standard InChI is InChI=1S/C25H28Cl2N2O/c1-15-22(16(2)24(27)17(3)23(15)26)21-13-25(30-28-21)12-19-9-6-7-11-29(19)14-18-8-4-5-10-20(18)25/h4-5,8,10,19H,6-7,9,11-14H2,1-3H3/t19-,25+/m0/s1. The van der Waals surface area contributed by atoms with Gasteiger partial charge in [0, 0.05) is 46.6 Å². The predicted octanol–water partition coefficient (Wildman–Crippen LogP) is 6.70. The van der Waals surface area contributed by atoms with Crippen molar-refractivity contribution in [2.75, 3.05) is 6.54 Å². The molecule has 2 aromatic carbocycles. The van der Waals surface area contributed by atoms with Crippen LogP contribution in [0.5, 0.6) is 0 Å². The van der Waals surface area contributed by atoms with Gasteiger partial charge in [-0.15, -0.1) is 0 Å². The molecule has 0 N–H and O–H groups in total. The quantitative estimate of drug-likeness (QED) is 0.490. The highest BCUT2D eigenvalue weighted by Gasteiger charge is 2.48. The summed E-state index contributed by atoms with van der Waals surface area (Å²) < 4.78 is 0. The molecule has 0 bridgehead atoms. The summed E-state index contributed by atoms with van der Waals surface area (Å²) in [5.41, 5.74) is 7.27. The van der Waals surface area contributed by atoms with Crippen LogP contribution < -0.4 is 0 Å². The van der Waals surface area contributed by atoms with Gasteiger partial charge in [0.2, 0.25) is 0 Å². The lowest BCUT2D eigenvalue weighted by Gasteiger charge is -2.36. The molecule has 2 aromatic rings. The Hall–Kier alpha value is -1.55. The maximum Gasteiger partial charge on any atom is 0.170 e. The van der Waals surface area contributed by atoms with Crippen LogP contribution in [0.3, 0.4) is 0 Å². The Kier molecular flexibility index (Phi) is 5.12. The van der Waals surface area contributed by atoms with E-state index in [0.29, 0.717) is 6.04 Å². The van der Waals surface area contributed by atoms with Crippen molar-refractivity contribution >= 4 is 28.9 Å². The van der Waals surface area contributed by atoms with E-state index >= 15 is 0 Å². The van der Waals surface area contributed by atoms with E-state index in [1.165, 1.54) is 36.9 Å². The molecule has 1 spiro atoms. The second-order valence-corrected chi connectivity index (χ2v) is 9.92. The van der Waals surface area contributed by atoms with Gasteiger partial charge >= 0.3 is 0 Å². The number of fused-ring (bicyclic) bond motifs is 3. The summed E-state index contributed by atoms with van der Waals surface area (Å²) in [7, 11) is 0. The fourth-order valence-electron chi connectivity index (χ4n) is 5.77. The van der Waals surface area contributed by atoms with Crippen molar-refractivity contribution in [1.82, 2.24) is 4.90 Å². The van der Waals surface area contributed by atoms with Gasteiger partial charge in [-0.3, -0.25) is 4.90 Å². The van der Waals surface area contributed by atoms with Crippen LogP contribution in [0.25, 0.3) is 0 Å². The van der Waals surface area contributed by atoms with E-state index in [-0.39, 0.29) is 0 Å². The third-order valence-electron chi connectivity index (χ3n) is 7.34. The minimum absolute atomic E-state index is 0.411. The van der Waals surface area contributed by atoms with E-state index in [1.54, 1.807) is 0 Å². The van der Waals surface area contributed by atoms with Crippen LogP contribution in [-0.2, 0) is 17.0 Å². The van der Waals surface area contributed by atoms with E-state index in [2.05, 4.69) is 48.2 Å². The van der Waals surface area contributed by atoms with Gasteiger partial charge in [0.1, 0.15) is 0 Å². The molecule has 0 radical (unpaired) electrons. The third-order valence-corrected chi connectivity index (χ3v) is 8.47. The highest BCUT2D eigenvalue weighted by Crippen LogP contribution is 2.47. The molecule has 158 valence electrons. The van der Waals surface area contributed by atoms with Gasteiger partial charge in [0.05, 0.1) is 5.71 Å². The minimum atomic E-state index is -0.411. The SMILES string of the molecule is Cc1c(Cl)c(C)c(C2=NO[C@@]3(C2)C[C@@H]2CCCCN2Cc2ccccc23)c(C)c1Cl. The summed E-state index contributed by atoms with van der Waals surface area (Å²) in [4.78, 5) is 9.05. The molecule has 5 rings (SSSR count). The van der Waals surface area contributed by atoms with Crippen LogP contribution >= 0.6 is 23.2 Å². The summed E-state index contributed by atoms with van der Waals surface area (Å²) >= 11 is 13.3. The highest BCUT2D eigenvalue weighted by molar-refractivity contribution is 6.37. The van der Waals surface area contributed by atoms with Crippen LogP contribution in [0.1, 0.15) is 65.5 Å². The maximum atomic E-state index is 6.63. The lowest BCUT2D eigenvalue weighted by Crippen LogP contribution is -2.41. The topological polar surface area (TPSA) is 24.8 Å². The number of benzene rings is 2. The molecule has 0 amide bonds. The molecule has 1 fully saturated rings. The molecule has 0 saturated carbocycles. The fourth-order valence-corrected chi connectivity index (χ4v) is 6.20. The van der Waals surface area contributed by atoms with Gasteiger partial charge in [0.15, 0.2) is 5.60 Å². The molecule has 30 heavy (non-hydrogen) atoms. The van der Waals surface area contributed by atoms with Crippen LogP contribution in [0.15, 0.2) is 29.4 Å². The minimum Gasteiger partial charge on any atom is -0.384 e. The largest absolute Gasteiger partial charge is 0.384 e. The summed E-state index contributed by atoms with van der Waals surface area (Å²) in [6.07, 6.45) is 5.54. The van der Waals surface area contributed by atoms with Gasteiger partial charge in [0.25, 0.3) is 0 Å². The van der Waals surface area contributed by atoms with Crippen molar-refractivity contribution in [2.45, 2.75) is 71.1 Å². The van der Waals surface area contributed by atoms with Crippen LogP contribution in [0.2, 0.25) is 10.0 Å². The van der Waals surface area contributed by atoms with E-state index in [4.69, 9.17) is 28.0 Å². The Balaban J connectivity index is 1.58. The molecule has 3 aliphatic heterocycles. The van der Waals surface area contributed by atoms with Crippen molar-refractivity contribution in [3.63, 3.8) is 0 Å². The average Bonchev–Trinajstić information content (AvgIpc) is 3.11. The van der Waals surface area contributed by atoms with Gasteiger partial charge in [-0.05, 0) is 62.4 Å². The maximum absolute atomic E-state index is 6.63. The van der Waals surface area contributed by atoms with E-state index in [0.717, 1.165) is 57.4 Å². The normalized spacial score (nSPS) is 26.0. The summed E-state index contributed by atoms with van der Waals surface area (Å²) in [6.45, 7) is 8.27. The lowest BCUT2D eigenvalue weighted by atomic mass is 9.79. The molecule has 2 atom stereocenters. The van der Waals surface area contributed by atoms with E-state index in [1.807, 2.05) is 6.92 Å². The molecule has 3 nitrogen and oxygen atoms in total. The first-order valence-corrected chi connectivity index (χ1v) is 11.7. The second kappa shape index (κ2) is 7.55. The molecule has 0 aliphatic carbocycles. The number of hydrogen-bond acceptors (Lipinski definition) is 3. The first kappa shape index (κ1) is 20.4. The van der Waals surface area contributed by atoms with Gasteiger partial charge in [-0.2, -0.15) is 0 Å². The summed E-state index contributed by atoms with van der Waals surface area (Å²) in [5.74, 6) is 0. The third kappa shape index (κ3) is 3.09. The van der Waals surface area contributed by atoms with Crippen molar-refractivity contribution in [3.05, 3.63) is 67.7 Å². The Labute approximate surface area is 189 Å². The van der Waals surface area contributed by atoms with E-state index < -0.39 is 5.60 Å². The van der Waals surface area contributed by atoms with E-state index in [9.17, 15) is 0 Å². The molecule has 5 heteroatoms. The number of halogens is 2. The summed E-state index contributed by atoms with van der Waals surface area (Å²) in [6, 6.07) is 9.30. The predicted molar refractivity (Wildman–Crippen MR) is 124 cm³/mol. The molecular weight excluding hydrogens is 415 g/mol. The number of nitrogens with zero attached hydrogens (tertiary/aromatic N) is 2. The molecule has 3 heterocycles. The van der Waals surface area contributed by atoms with Crippen molar-refractivity contribution in [3.8, 4) is 0 Å². The molecule has 0 aromatic heterocycles. The van der Waals surface area contributed by atoms with Crippen molar-refractivity contribution in [1.29, 1.82) is 0 Å². The number of rotatable bonds is 1. The second-order valence-electron chi connectivity index (χ2n) is 9.16. The Morgan fingerprint density at radius 1 is 1.03 bits per heavy atom. The Morgan fingerprint density at radius 3 is 2.53 bits per heavy atom. The van der Waals surface area contributed by atoms with Gasteiger partial charge < -0.3 is 4.84 Å². The highest BCUT2D eigenvalue weighted by atomic mass is 35.5. The molecular formula is C25H28Cl2N2O. The Morgan fingerprint density at radius 2 is 1.77 bits per heavy atom. The fraction of sp³-hybridized carbons (Fsp3) is 0.480. The zero-order valence-corrected chi connectivity index (χ0v) is 19.4. The zero-order chi connectivity index (χ0) is 21.0. The van der Waals surface area contributed by atoms with Gasteiger partial charge in [-0.25, -0.2) is 0 Å². The van der Waals surface area contributed by atoms with Gasteiger partial charge in [-0.1, -0.05) is 59.0 Å². The van der Waals surface area contributed by atoms with Crippen LogP contribution in [0.4, 0.5) is 0 Å². The first-order valence-electron chi connectivity index (χ1n) is 10.9.